The molecule has 0 amide bonds. The smallest absolute Gasteiger partial charge is 0.283 e. The first-order chi connectivity index (χ1) is 25.0. The van der Waals surface area contributed by atoms with Gasteiger partial charge in [-0.1, -0.05) is 43.6 Å². The summed E-state index contributed by atoms with van der Waals surface area (Å²) in [7, 11) is 0. The molecular weight excluding hydrogens is 748 g/mol. The first-order valence-corrected chi connectivity index (χ1v) is 22.2. The molecule has 0 spiro atoms. The van der Waals surface area contributed by atoms with E-state index >= 15 is 0 Å². The van der Waals surface area contributed by atoms with E-state index in [1.807, 2.05) is 0 Å². The predicted molar refractivity (Wildman–Crippen MR) is 197 cm³/mol. The lowest BCUT2D eigenvalue weighted by molar-refractivity contribution is -0.465. The second-order valence-electron chi connectivity index (χ2n) is 19.4. The SMILES string of the molecule is C[C@H]1[C@@H](CC2COC3(CCCBr)OCC(C[C@H]4O[C@@H]5O[C@@](C)(O)CC[C@H]6[C@H](C)CC[C@@H]([C@H]4C)[C@@]56O)C2O3)O[C@@H]2O[C@@](C)(O)CC[C@H]3[C@H](C)CC[C@@H]1[C@@]23O. The second kappa shape index (κ2) is 14.4. The van der Waals surface area contributed by atoms with Crippen LogP contribution in [-0.2, 0) is 33.2 Å². The van der Waals surface area contributed by atoms with Gasteiger partial charge in [-0.05, 0) is 119 Å². The van der Waals surface area contributed by atoms with Gasteiger partial charge in [-0.25, -0.2) is 0 Å². The van der Waals surface area contributed by atoms with Gasteiger partial charge in [0, 0.05) is 36.4 Å². The first-order valence-electron chi connectivity index (χ1n) is 21.1. The number of aliphatic hydroxyl groups is 4. The van der Waals surface area contributed by atoms with E-state index in [2.05, 4.69) is 43.6 Å². The summed E-state index contributed by atoms with van der Waals surface area (Å²) >= 11 is 3.57. The Bertz CT molecular complexity index is 1230. The topological polar surface area (TPSA) is 146 Å². The molecule has 0 radical (unpaired) electrons. The summed E-state index contributed by atoms with van der Waals surface area (Å²) < 4.78 is 46.1. The predicted octanol–water partition coefficient (Wildman–Crippen LogP) is 5.82. The summed E-state index contributed by atoms with van der Waals surface area (Å²) in [5, 5.41) is 48.2. The molecule has 6 heterocycles. The van der Waals surface area contributed by atoms with E-state index in [1.54, 1.807) is 13.8 Å². The van der Waals surface area contributed by atoms with E-state index in [-0.39, 0.29) is 65.7 Å². The lowest BCUT2D eigenvalue weighted by Gasteiger charge is -2.59. The van der Waals surface area contributed by atoms with Crippen molar-refractivity contribution in [1.29, 1.82) is 0 Å². The second-order valence-corrected chi connectivity index (χ2v) is 20.2. The Morgan fingerprint density at radius 3 is 1.49 bits per heavy atom. The lowest BCUT2D eigenvalue weighted by Crippen LogP contribution is -2.68. The fraction of sp³-hybridized carbons (Fsp3) is 1.00. The van der Waals surface area contributed by atoms with Crippen LogP contribution in [0.15, 0.2) is 0 Å². The van der Waals surface area contributed by atoms with Gasteiger partial charge in [-0.3, -0.25) is 0 Å². The number of alkyl halides is 1. The Morgan fingerprint density at radius 2 is 1.06 bits per heavy atom. The van der Waals surface area contributed by atoms with Crippen molar-refractivity contribution < 1.29 is 53.6 Å². The van der Waals surface area contributed by atoms with Crippen molar-refractivity contribution >= 4 is 15.9 Å². The minimum absolute atomic E-state index is 0.00108. The van der Waals surface area contributed by atoms with Gasteiger partial charge >= 0.3 is 0 Å². The Labute approximate surface area is 324 Å². The molecule has 2 unspecified atom stereocenters. The molecule has 18 atom stereocenters. The number of hydrogen-bond donors (Lipinski definition) is 4. The maximum Gasteiger partial charge on any atom is 0.283 e. The third-order valence-corrected chi connectivity index (χ3v) is 16.5. The zero-order chi connectivity index (χ0) is 37.7. The minimum Gasteiger partial charge on any atom is -0.384 e. The van der Waals surface area contributed by atoms with Crippen molar-refractivity contribution in [2.45, 2.75) is 178 Å². The van der Waals surface area contributed by atoms with Crippen LogP contribution in [0.5, 0.6) is 0 Å². The molecule has 53 heavy (non-hydrogen) atoms. The lowest BCUT2D eigenvalue weighted by atomic mass is 9.57. The number of ether oxygens (including phenoxy) is 7. The molecule has 8 rings (SSSR count). The molecule has 0 aromatic carbocycles. The highest BCUT2D eigenvalue weighted by Gasteiger charge is 2.66. The van der Waals surface area contributed by atoms with Gasteiger partial charge in [0.15, 0.2) is 24.2 Å². The molecule has 2 bridgehead atoms. The van der Waals surface area contributed by atoms with Crippen LogP contribution in [0.25, 0.3) is 0 Å². The normalized spacial score (nSPS) is 58.1. The Balaban J connectivity index is 1.05. The van der Waals surface area contributed by atoms with Gasteiger partial charge in [0.2, 0.25) is 0 Å². The van der Waals surface area contributed by atoms with Gasteiger partial charge in [0.25, 0.3) is 5.97 Å². The zero-order valence-electron chi connectivity index (χ0n) is 32.8. The molecule has 8 fully saturated rings. The number of rotatable bonds is 7. The molecule has 12 heteroatoms. The average molecular weight is 816 g/mol. The molecule has 6 saturated heterocycles. The fourth-order valence-electron chi connectivity index (χ4n) is 12.9. The van der Waals surface area contributed by atoms with Crippen molar-refractivity contribution in [2.24, 2.45) is 59.2 Å². The van der Waals surface area contributed by atoms with E-state index in [1.165, 1.54) is 0 Å². The highest BCUT2D eigenvalue weighted by atomic mass is 79.9. The maximum absolute atomic E-state index is 12.5. The van der Waals surface area contributed by atoms with Crippen LogP contribution in [0.3, 0.4) is 0 Å². The summed E-state index contributed by atoms with van der Waals surface area (Å²) in [5.74, 6) is -3.15. The van der Waals surface area contributed by atoms with Crippen LogP contribution < -0.4 is 0 Å². The van der Waals surface area contributed by atoms with E-state index in [0.29, 0.717) is 70.0 Å². The van der Waals surface area contributed by atoms with E-state index in [9.17, 15) is 20.4 Å². The Hall–Kier alpha value is 0.0400. The monoisotopic (exact) mass is 814 g/mol. The van der Waals surface area contributed by atoms with Crippen molar-refractivity contribution in [3.8, 4) is 0 Å². The minimum atomic E-state index is -1.38. The summed E-state index contributed by atoms with van der Waals surface area (Å²) in [6.45, 7) is 13.1. The zero-order valence-corrected chi connectivity index (χ0v) is 34.4. The van der Waals surface area contributed by atoms with E-state index in [0.717, 1.165) is 37.4 Å². The molecule has 4 N–H and O–H groups in total. The molecule has 6 aliphatic heterocycles. The largest absolute Gasteiger partial charge is 0.384 e. The van der Waals surface area contributed by atoms with Gasteiger partial charge in [0.05, 0.1) is 31.5 Å². The summed E-state index contributed by atoms with van der Waals surface area (Å²) in [6.07, 6.45) is 6.45. The molecule has 2 aliphatic carbocycles. The van der Waals surface area contributed by atoms with Gasteiger partial charge < -0.3 is 53.6 Å². The highest BCUT2D eigenvalue weighted by Crippen LogP contribution is 2.59. The van der Waals surface area contributed by atoms with Gasteiger partial charge in [-0.2, -0.15) is 0 Å². The van der Waals surface area contributed by atoms with Crippen molar-refractivity contribution in [1.82, 2.24) is 0 Å². The van der Waals surface area contributed by atoms with Crippen molar-refractivity contribution in [3.63, 3.8) is 0 Å². The van der Waals surface area contributed by atoms with E-state index in [4.69, 9.17) is 33.2 Å². The number of halogens is 1. The van der Waals surface area contributed by atoms with Crippen molar-refractivity contribution in [2.75, 3.05) is 18.5 Å². The molecule has 8 aliphatic rings. The van der Waals surface area contributed by atoms with Crippen LogP contribution in [-0.4, -0.2) is 98.6 Å². The molecule has 11 nitrogen and oxygen atoms in total. The van der Waals surface area contributed by atoms with Gasteiger partial charge in [-0.15, -0.1) is 0 Å². The van der Waals surface area contributed by atoms with Crippen molar-refractivity contribution in [3.05, 3.63) is 0 Å². The van der Waals surface area contributed by atoms with Crippen LogP contribution in [0, 0.1) is 59.2 Å². The molecule has 304 valence electrons. The van der Waals surface area contributed by atoms with Crippen LogP contribution in [0.1, 0.15) is 119 Å². The summed E-state index contributed by atoms with van der Waals surface area (Å²) in [4.78, 5) is 0. The molecule has 2 saturated carbocycles. The first kappa shape index (κ1) is 39.8. The number of fused-ring (bicyclic) bond motifs is 2. The molecule has 0 aromatic rings. The third kappa shape index (κ3) is 6.84. The Kier molecular flexibility index (Phi) is 10.8. The molecule has 0 aromatic heterocycles. The van der Waals surface area contributed by atoms with Crippen LogP contribution in [0.2, 0.25) is 0 Å². The van der Waals surface area contributed by atoms with Gasteiger partial charge in [0.1, 0.15) is 11.2 Å². The maximum atomic E-state index is 12.5. The third-order valence-electron chi connectivity index (χ3n) is 15.9. The summed E-state index contributed by atoms with van der Waals surface area (Å²) in [6, 6.07) is 0. The molecular formula is C41H67BrO11. The number of hydrogen-bond acceptors (Lipinski definition) is 11. The standard InChI is InChI=1S/C41H67BrO11/c1-22-8-10-30-24(3)32(49-35-40(30,45)28(22)12-15-37(5,43)52-35)18-26-20-47-39(14-7-17-42)48-21-27(34(26)51-39)19-33-25(4)31-11-9-23(2)29-13-16-38(6,44)53-36(50-33)41(29,31)46/h22-36,43-46H,7-21H2,1-6H3/t22-,23-,24-,25-,26?,27?,28+,29+,30+,31+,32-,33-,34?,35-,36-,37-,38-,39?,40-,41-/m1/s1. The average Bonchev–Trinajstić information content (AvgIpc) is 3.27. The van der Waals surface area contributed by atoms with Crippen LogP contribution >= 0.6 is 15.9 Å². The quantitative estimate of drug-likeness (QED) is 0.231. The van der Waals surface area contributed by atoms with E-state index < -0.39 is 41.3 Å². The Morgan fingerprint density at radius 1 is 0.604 bits per heavy atom. The summed E-state index contributed by atoms with van der Waals surface area (Å²) in [5.41, 5.74) is -2.31. The fourth-order valence-corrected chi connectivity index (χ4v) is 13.1. The highest BCUT2D eigenvalue weighted by molar-refractivity contribution is 9.09. The van der Waals surface area contributed by atoms with Crippen LogP contribution in [0.4, 0.5) is 0 Å².